The Bertz CT molecular complexity index is 682. The summed E-state index contributed by atoms with van der Waals surface area (Å²) < 4.78 is 5.60. The molecular formula is C19H23NO3. The van der Waals surface area contributed by atoms with Gasteiger partial charge in [0, 0.05) is 49.5 Å². The van der Waals surface area contributed by atoms with E-state index in [0.29, 0.717) is 12.0 Å². The molecule has 1 heterocycles. The molecule has 4 nitrogen and oxygen atoms in total. The van der Waals surface area contributed by atoms with Gasteiger partial charge in [-0.25, -0.2) is 0 Å². The van der Waals surface area contributed by atoms with Crippen LogP contribution >= 0.6 is 0 Å². The third-order valence-electron chi connectivity index (χ3n) is 5.11. The van der Waals surface area contributed by atoms with E-state index in [1.807, 2.05) is 18.2 Å². The number of Topliss-reactive ketones (excluding diaryl/α,β-unsaturated/α-hetero) is 1. The highest BCUT2D eigenvalue weighted by molar-refractivity contribution is 6.03. The van der Waals surface area contributed by atoms with E-state index in [1.165, 1.54) is 0 Å². The molecule has 1 aromatic carbocycles. The van der Waals surface area contributed by atoms with E-state index in [0.717, 1.165) is 42.8 Å². The van der Waals surface area contributed by atoms with Crippen molar-refractivity contribution < 1.29 is 14.3 Å². The number of nitrogens with zero attached hydrogens (tertiary/aromatic N) is 1. The molecule has 0 amide bonds. The number of hydrogen-bond acceptors (Lipinski definition) is 4. The Hall–Kier alpha value is -1.94. The Morgan fingerprint density at radius 2 is 1.96 bits per heavy atom. The second kappa shape index (κ2) is 5.93. The molecule has 23 heavy (non-hydrogen) atoms. The van der Waals surface area contributed by atoms with Gasteiger partial charge in [0.25, 0.3) is 0 Å². The monoisotopic (exact) mass is 313 g/mol. The van der Waals surface area contributed by atoms with E-state index in [-0.39, 0.29) is 17.2 Å². The number of hydrogen-bond donors (Lipinski definition) is 0. The van der Waals surface area contributed by atoms with Gasteiger partial charge >= 0.3 is 0 Å². The third-order valence-corrected chi connectivity index (χ3v) is 5.11. The van der Waals surface area contributed by atoms with Crippen molar-refractivity contribution in [3.8, 4) is 0 Å². The number of fused-ring (bicyclic) bond motifs is 1. The number of allylic oxidation sites excluding steroid dienone is 1. The number of benzene rings is 1. The minimum Gasteiger partial charge on any atom is -0.378 e. The number of likely N-dealkylation sites (tertiary alicyclic amines) is 1. The molecule has 3 rings (SSSR count). The van der Waals surface area contributed by atoms with Crippen molar-refractivity contribution in [1.82, 2.24) is 4.90 Å². The quantitative estimate of drug-likeness (QED) is 0.805. The van der Waals surface area contributed by atoms with Crippen molar-refractivity contribution in [1.29, 1.82) is 0 Å². The standard InChI is InChI=1S/C19H23NO3/c1-13(21)14-4-5-15-10-16(22)12-18(17(15)11-14)20-8-6-19(2,23-3)7-9-20/h4-5,11-12H,6-10H2,1-3H3. The summed E-state index contributed by atoms with van der Waals surface area (Å²) in [5, 5.41) is 0. The van der Waals surface area contributed by atoms with Crippen LogP contribution in [-0.4, -0.2) is 42.3 Å². The highest BCUT2D eigenvalue weighted by Crippen LogP contribution is 2.34. The average molecular weight is 313 g/mol. The van der Waals surface area contributed by atoms with Crippen molar-refractivity contribution >= 4 is 17.3 Å². The summed E-state index contributed by atoms with van der Waals surface area (Å²) in [5.41, 5.74) is 3.61. The first kappa shape index (κ1) is 15.9. The zero-order chi connectivity index (χ0) is 16.6. The summed E-state index contributed by atoms with van der Waals surface area (Å²) in [7, 11) is 1.76. The van der Waals surface area contributed by atoms with E-state index in [1.54, 1.807) is 20.1 Å². The maximum Gasteiger partial charge on any atom is 0.162 e. The SMILES string of the molecule is COC1(C)CCN(C2=CC(=O)Cc3ccc(C(C)=O)cc32)CC1. The first-order chi connectivity index (χ1) is 10.9. The largest absolute Gasteiger partial charge is 0.378 e. The molecule has 0 aromatic heterocycles. The number of carbonyl (C=O) groups excluding carboxylic acids is 2. The van der Waals surface area contributed by atoms with Crippen LogP contribution in [0.25, 0.3) is 5.70 Å². The van der Waals surface area contributed by atoms with Gasteiger partial charge in [-0.1, -0.05) is 12.1 Å². The van der Waals surface area contributed by atoms with Gasteiger partial charge in [-0.15, -0.1) is 0 Å². The number of ketones is 2. The highest BCUT2D eigenvalue weighted by Gasteiger charge is 2.32. The Balaban J connectivity index is 1.92. The summed E-state index contributed by atoms with van der Waals surface area (Å²) in [4.78, 5) is 26.0. The average Bonchev–Trinajstić information content (AvgIpc) is 2.54. The zero-order valence-electron chi connectivity index (χ0n) is 14.0. The summed E-state index contributed by atoms with van der Waals surface area (Å²) in [5.74, 6) is 0.179. The Morgan fingerprint density at radius 1 is 1.26 bits per heavy atom. The van der Waals surface area contributed by atoms with Crippen LogP contribution < -0.4 is 0 Å². The topological polar surface area (TPSA) is 46.6 Å². The van der Waals surface area contributed by atoms with Gasteiger partial charge in [0.2, 0.25) is 0 Å². The normalized spacial score (nSPS) is 20.0. The summed E-state index contributed by atoms with van der Waals surface area (Å²) in [6.07, 6.45) is 4.01. The predicted molar refractivity (Wildman–Crippen MR) is 89.4 cm³/mol. The van der Waals surface area contributed by atoms with Crippen LogP contribution in [0.2, 0.25) is 0 Å². The molecule has 2 aliphatic rings. The fourth-order valence-corrected chi connectivity index (χ4v) is 3.34. The smallest absolute Gasteiger partial charge is 0.162 e. The lowest BCUT2D eigenvalue weighted by Gasteiger charge is -2.41. The second-order valence-electron chi connectivity index (χ2n) is 6.74. The van der Waals surface area contributed by atoms with E-state index in [9.17, 15) is 9.59 Å². The first-order valence-electron chi connectivity index (χ1n) is 8.11. The molecule has 0 unspecified atom stereocenters. The fourth-order valence-electron chi connectivity index (χ4n) is 3.34. The van der Waals surface area contributed by atoms with Crippen molar-refractivity contribution in [3.05, 3.63) is 41.0 Å². The molecule has 1 aliphatic carbocycles. The number of methoxy groups -OCH3 is 1. The van der Waals surface area contributed by atoms with Gasteiger partial charge in [0.1, 0.15) is 0 Å². The molecular weight excluding hydrogens is 290 g/mol. The van der Waals surface area contributed by atoms with Crippen molar-refractivity contribution in [2.24, 2.45) is 0 Å². The van der Waals surface area contributed by atoms with Gasteiger partial charge in [0.05, 0.1) is 5.60 Å². The van der Waals surface area contributed by atoms with E-state index < -0.39 is 0 Å². The highest BCUT2D eigenvalue weighted by atomic mass is 16.5. The summed E-state index contributed by atoms with van der Waals surface area (Å²) in [6, 6.07) is 5.66. The van der Waals surface area contributed by atoms with Gasteiger partial charge in [-0.3, -0.25) is 9.59 Å². The number of piperidine rings is 1. The Morgan fingerprint density at radius 3 is 2.57 bits per heavy atom. The maximum atomic E-state index is 12.1. The second-order valence-corrected chi connectivity index (χ2v) is 6.74. The molecule has 0 atom stereocenters. The fraction of sp³-hybridized carbons (Fsp3) is 0.474. The lowest BCUT2D eigenvalue weighted by atomic mass is 9.88. The number of rotatable bonds is 3. The molecule has 1 aromatic rings. The molecule has 1 saturated heterocycles. The van der Waals surface area contributed by atoms with E-state index >= 15 is 0 Å². The van der Waals surface area contributed by atoms with Gasteiger partial charge in [-0.2, -0.15) is 0 Å². The van der Waals surface area contributed by atoms with E-state index in [4.69, 9.17) is 4.74 Å². The van der Waals surface area contributed by atoms with Crippen LogP contribution in [0.15, 0.2) is 24.3 Å². The number of carbonyl (C=O) groups is 2. The van der Waals surface area contributed by atoms with Crippen LogP contribution in [0.4, 0.5) is 0 Å². The van der Waals surface area contributed by atoms with Crippen molar-refractivity contribution in [2.45, 2.75) is 38.7 Å². The molecule has 122 valence electrons. The van der Waals surface area contributed by atoms with Gasteiger partial charge in [0.15, 0.2) is 11.6 Å². The Labute approximate surface area is 137 Å². The first-order valence-corrected chi connectivity index (χ1v) is 8.11. The third kappa shape index (κ3) is 3.08. The molecule has 1 fully saturated rings. The van der Waals surface area contributed by atoms with Crippen LogP contribution in [0.5, 0.6) is 0 Å². The minimum absolute atomic E-state index is 0.0506. The Kier molecular flexibility index (Phi) is 4.11. The lowest BCUT2D eigenvalue weighted by molar-refractivity contribution is -0.114. The minimum atomic E-state index is -0.0835. The lowest BCUT2D eigenvalue weighted by Crippen LogP contribution is -2.43. The van der Waals surface area contributed by atoms with Crippen molar-refractivity contribution in [2.75, 3.05) is 20.2 Å². The molecule has 0 radical (unpaired) electrons. The predicted octanol–water partition coefficient (Wildman–Crippen LogP) is 2.86. The van der Waals surface area contributed by atoms with E-state index in [2.05, 4.69) is 11.8 Å². The molecule has 0 spiro atoms. The zero-order valence-corrected chi connectivity index (χ0v) is 14.0. The summed E-state index contributed by atoms with van der Waals surface area (Å²) in [6.45, 7) is 5.41. The number of ether oxygens (including phenoxy) is 1. The van der Waals surface area contributed by atoms with Gasteiger partial charge < -0.3 is 9.64 Å². The van der Waals surface area contributed by atoms with Crippen molar-refractivity contribution in [3.63, 3.8) is 0 Å². The summed E-state index contributed by atoms with van der Waals surface area (Å²) >= 11 is 0. The molecule has 0 N–H and O–H groups in total. The van der Waals surface area contributed by atoms with Crippen LogP contribution in [0.3, 0.4) is 0 Å². The molecule has 0 bridgehead atoms. The molecule has 1 aliphatic heterocycles. The van der Waals surface area contributed by atoms with Crippen LogP contribution in [0, 0.1) is 0 Å². The maximum absolute atomic E-state index is 12.1. The van der Waals surface area contributed by atoms with Crippen LogP contribution in [-0.2, 0) is 16.0 Å². The molecule has 0 saturated carbocycles. The molecule has 4 heteroatoms. The van der Waals surface area contributed by atoms with Crippen LogP contribution in [0.1, 0.15) is 48.2 Å². The van der Waals surface area contributed by atoms with Gasteiger partial charge in [-0.05, 0) is 38.3 Å².